The van der Waals surface area contributed by atoms with Gasteiger partial charge in [0.05, 0.1) is 5.56 Å². The maximum Gasteiger partial charge on any atom is 0.258 e. The van der Waals surface area contributed by atoms with Crippen molar-refractivity contribution in [2.24, 2.45) is 0 Å². The lowest BCUT2D eigenvalue weighted by molar-refractivity contribution is 0.102. The number of amides is 1. The van der Waals surface area contributed by atoms with E-state index in [4.69, 9.17) is 12.2 Å². The number of rotatable bonds is 6. The summed E-state index contributed by atoms with van der Waals surface area (Å²) < 4.78 is 0. The lowest BCUT2D eigenvalue weighted by atomic mass is 10.1. The minimum atomic E-state index is -0.174. The zero-order chi connectivity index (χ0) is 21.5. The van der Waals surface area contributed by atoms with Gasteiger partial charge in [-0.05, 0) is 79.2 Å². The zero-order valence-corrected chi connectivity index (χ0v) is 18.7. The van der Waals surface area contributed by atoms with Crippen LogP contribution in [-0.4, -0.2) is 28.0 Å². The molecule has 0 radical (unpaired) electrons. The second-order valence-corrected chi connectivity index (χ2v) is 8.10. The van der Waals surface area contributed by atoms with Crippen molar-refractivity contribution in [2.45, 2.75) is 24.6 Å². The van der Waals surface area contributed by atoms with E-state index in [9.17, 15) is 4.79 Å². The molecule has 154 valence electrons. The summed E-state index contributed by atoms with van der Waals surface area (Å²) in [5, 5.41) is 10.0. The van der Waals surface area contributed by atoms with E-state index >= 15 is 0 Å². The number of nitrogens with zero attached hydrogens (tertiary/aromatic N) is 2. The number of nitrogens with one attached hydrogen (secondary N) is 3. The monoisotopic (exact) mass is 437 g/mol. The highest BCUT2D eigenvalue weighted by atomic mass is 32.2. The Morgan fingerprint density at radius 2 is 1.80 bits per heavy atom. The summed E-state index contributed by atoms with van der Waals surface area (Å²) in [4.78, 5) is 21.5. The second-order valence-electron chi connectivity index (χ2n) is 6.73. The Hall–Kier alpha value is -2.97. The molecule has 8 heteroatoms. The van der Waals surface area contributed by atoms with Crippen LogP contribution in [0.2, 0.25) is 0 Å². The van der Waals surface area contributed by atoms with Gasteiger partial charge in [-0.1, -0.05) is 6.07 Å². The lowest BCUT2D eigenvalue weighted by Gasteiger charge is -2.11. The van der Waals surface area contributed by atoms with Crippen molar-refractivity contribution in [2.75, 3.05) is 17.7 Å². The molecule has 0 saturated carbocycles. The molecule has 1 amide bonds. The number of thiocarbonyl (C=S) groups is 1. The van der Waals surface area contributed by atoms with E-state index in [1.807, 2.05) is 38.1 Å². The number of anilines is 2. The van der Waals surface area contributed by atoms with Crippen LogP contribution in [-0.2, 0) is 5.75 Å². The smallest absolute Gasteiger partial charge is 0.258 e. The molecule has 0 fully saturated rings. The average Bonchev–Trinajstić information content (AvgIpc) is 2.72. The van der Waals surface area contributed by atoms with E-state index in [-0.39, 0.29) is 5.91 Å². The van der Waals surface area contributed by atoms with E-state index < -0.39 is 0 Å². The van der Waals surface area contributed by atoms with Crippen molar-refractivity contribution < 1.29 is 4.79 Å². The van der Waals surface area contributed by atoms with Crippen LogP contribution < -0.4 is 16.0 Å². The van der Waals surface area contributed by atoms with Crippen LogP contribution >= 0.6 is 24.0 Å². The maximum atomic E-state index is 12.9. The van der Waals surface area contributed by atoms with Crippen molar-refractivity contribution in [3.63, 3.8) is 0 Å². The van der Waals surface area contributed by atoms with Gasteiger partial charge in [-0.25, -0.2) is 9.97 Å². The summed E-state index contributed by atoms with van der Waals surface area (Å²) in [7, 11) is 1.75. The molecule has 0 aliphatic rings. The summed E-state index contributed by atoms with van der Waals surface area (Å²) in [5.74, 6) is 1.14. The molecule has 0 spiro atoms. The van der Waals surface area contributed by atoms with E-state index in [0.717, 1.165) is 22.4 Å². The summed E-state index contributed by atoms with van der Waals surface area (Å²) in [6, 6.07) is 13.4. The number of benzene rings is 1. The Labute approximate surface area is 185 Å². The molecule has 2 heterocycles. The van der Waals surface area contributed by atoms with E-state index in [1.165, 1.54) is 11.8 Å². The number of carbonyl (C=O) groups excluding carboxylic acids is 1. The van der Waals surface area contributed by atoms with Crippen LogP contribution in [0.5, 0.6) is 0 Å². The largest absolute Gasteiger partial charge is 0.365 e. The van der Waals surface area contributed by atoms with Gasteiger partial charge in [-0.2, -0.15) is 0 Å². The van der Waals surface area contributed by atoms with Gasteiger partial charge in [0.2, 0.25) is 0 Å². The summed E-state index contributed by atoms with van der Waals surface area (Å²) in [5.41, 5.74) is 4.58. The molecule has 0 unspecified atom stereocenters. The Kier molecular flexibility index (Phi) is 7.37. The molecule has 30 heavy (non-hydrogen) atoms. The zero-order valence-electron chi connectivity index (χ0n) is 17.0. The molecule has 6 nitrogen and oxygen atoms in total. The van der Waals surface area contributed by atoms with E-state index in [2.05, 4.69) is 32.0 Å². The highest BCUT2D eigenvalue weighted by Gasteiger charge is 2.14. The number of hydrogen-bond acceptors (Lipinski definition) is 5. The molecule has 2 aromatic heterocycles. The van der Waals surface area contributed by atoms with Crippen molar-refractivity contribution >= 4 is 46.5 Å². The Bertz CT molecular complexity index is 1050. The standard InChI is InChI=1S/C22H23N5OS2/c1-14-9-15(2)11-17(10-14)26-20(28)18-5-4-7-25-21(18)30-13-16-6-8-24-19(12-16)27-22(29)23-3/h4-12H,13H2,1-3H3,(H,26,28)(H2,23,24,27,29). The first kappa shape index (κ1) is 21.7. The molecule has 0 bridgehead atoms. The van der Waals surface area contributed by atoms with Crippen LogP contribution in [0.4, 0.5) is 11.5 Å². The predicted molar refractivity (Wildman–Crippen MR) is 127 cm³/mol. The van der Waals surface area contributed by atoms with Crippen molar-refractivity contribution in [3.05, 3.63) is 77.1 Å². The van der Waals surface area contributed by atoms with Gasteiger partial charge in [0, 0.05) is 30.9 Å². The fourth-order valence-corrected chi connectivity index (χ4v) is 3.93. The Morgan fingerprint density at radius 1 is 1.03 bits per heavy atom. The number of thioether (sulfide) groups is 1. The minimum absolute atomic E-state index is 0.174. The fraction of sp³-hybridized carbons (Fsp3) is 0.182. The minimum Gasteiger partial charge on any atom is -0.365 e. The second kappa shape index (κ2) is 10.2. The van der Waals surface area contributed by atoms with Crippen LogP contribution in [0.25, 0.3) is 0 Å². The molecule has 1 aromatic carbocycles. The molecule has 3 rings (SSSR count). The molecule has 3 N–H and O–H groups in total. The topological polar surface area (TPSA) is 78.9 Å². The van der Waals surface area contributed by atoms with E-state index in [0.29, 0.717) is 27.3 Å². The number of aryl methyl sites for hydroxylation is 2. The molecular weight excluding hydrogens is 414 g/mol. The first-order chi connectivity index (χ1) is 14.4. The maximum absolute atomic E-state index is 12.9. The number of aromatic nitrogens is 2. The highest BCUT2D eigenvalue weighted by Crippen LogP contribution is 2.26. The van der Waals surface area contributed by atoms with Crippen molar-refractivity contribution in [1.82, 2.24) is 15.3 Å². The summed E-state index contributed by atoms with van der Waals surface area (Å²) in [6.45, 7) is 4.02. The predicted octanol–water partition coefficient (Wildman–Crippen LogP) is 4.55. The number of hydrogen-bond donors (Lipinski definition) is 3. The Morgan fingerprint density at radius 3 is 2.53 bits per heavy atom. The van der Waals surface area contributed by atoms with Gasteiger partial charge >= 0.3 is 0 Å². The van der Waals surface area contributed by atoms with Gasteiger partial charge in [0.15, 0.2) is 5.11 Å². The third-order valence-electron chi connectivity index (χ3n) is 4.16. The first-order valence-corrected chi connectivity index (χ1v) is 10.7. The molecule has 0 saturated heterocycles. The van der Waals surface area contributed by atoms with Gasteiger partial charge in [-0.3, -0.25) is 4.79 Å². The van der Waals surface area contributed by atoms with E-state index in [1.54, 1.807) is 31.6 Å². The van der Waals surface area contributed by atoms with Crippen molar-refractivity contribution in [3.8, 4) is 0 Å². The molecule has 3 aromatic rings. The van der Waals surface area contributed by atoms with Crippen LogP contribution in [0.3, 0.4) is 0 Å². The lowest BCUT2D eigenvalue weighted by Crippen LogP contribution is -2.24. The van der Waals surface area contributed by atoms with Gasteiger partial charge in [0.25, 0.3) is 5.91 Å². The summed E-state index contributed by atoms with van der Waals surface area (Å²) >= 11 is 6.62. The molecule has 0 atom stereocenters. The molecule has 0 aliphatic carbocycles. The third-order valence-corrected chi connectivity index (χ3v) is 5.55. The molecule has 0 aliphatic heterocycles. The average molecular weight is 438 g/mol. The van der Waals surface area contributed by atoms with Crippen LogP contribution in [0.1, 0.15) is 27.0 Å². The fourth-order valence-electron chi connectivity index (χ4n) is 2.89. The number of carbonyl (C=O) groups is 1. The quantitative estimate of drug-likeness (QED) is 0.385. The SMILES string of the molecule is CNC(=S)Nc1cc(CSc2ncccc2C(=O)Nc2cc(C)cc(C)c2)ccn1. The van der Waals surface area contributed by atoms with Crippen LogP contribution in [0, 0.1) is 13.8 Å². The first-order valence-electron chi connectivity index (χ1n) is 9.35. The van der Waals surface area contributed by atoms with Crippen LogP contribution in [0.15, 0.2) is 59.9 Å². The van der Waals surface area contributed by atoms with Gasteiger partial charge in [0.1, 0.15) is 10.8 Å². The van der Waals surface area contributed by atoms with Crippen molar-refractivity contribution in [1.29, 1.82) is 0 Å². The highest BCUT2D eigenvalue weighted by molar-refractivity contribution is 7.98. The Balaban J connectivity index is 1.72. The summed E-state index contributed by atoms with van der Waals surface area (Å²) in [6.07, 6.45) is 3.42. The van der Waals surface area contributed by atoms with Gasteiger partial charge in [-0.15, -0.1) is 11.8 Å². The third kappa shape index (κ3) is 6.01. The normalized spacial score (nSPS) is 10.4. The molecular formula is C22H23N5OS2. The number of pyridine rings is 2. The van der Waals surface area contributed by atoms with Gasteiger partial charge < -0.3 is 16.0 Å².